The molecule has 1 aliphatic carbocycles. The molecule has 118 valence electrons. The van der Waals surface area contributed by atoms with Gasteiger partial charge in [0.15, 0.2) is 0 Å². The maximum Gasteiger partial charge on any atom is 0.260 e. The van der Waals surface area contributed by atoms with Crippen LogP contribution in [-0.2, 0) is 11.8 Å². The van der Waals surface area contributed by atoms with Crippen LogP contribution in [-0.4, -0.2) is 10.9 Å². The molecular weight excluding hydrogens is 326 g/mol. The number of fused-ring (bicyclic) bond motifs is 2. The van der Waals surface area contributed by atoms with E-state index in [0.29, 0.717) is 10.6 Å². The van der Waals surface area contributed by atoms with Gasteiger partial charge in [-0.1, -0.05) is 13.8 Å². The van der Waals surface area contributed by atoms with Crippen LogP contribution in [0, 0.1) is 0 Å². The van der Waals surface area contributed by atoms with Crippen molar-refractivity contribution in [1.29, 1.82) is 0 Å². The van der Waals surface area contributed by atoms with E-state index >= 15 is 0 Å². The van der Waals surface area contributed by atoms with E-state index in [9.17, 15) is 4.79 Å². The predicted molar refractivity (Wildman–Crippen MR) is 97.2 cm³/mol. The van der Waals surface area contributed by atoms with Crippen molar-refractivity contribution in [3.8, 4) is 11.1 Å². The average molecular weight is 343 g/mol. The number of primary amides is 1. The molecule has 0 saturated carbocycles. The average Bonchev–Trinajstić information content (AvgIpc) is 3.18. The number of anilines is 1. The molecule has 23 heavy (non-hydrogen) atoms. The molecule has 3 heterocycles. The lowest BCUT2D eigenvalue weighted by atomic mass is 9.89. The third-order valence-corrected chi connectivity index (χ3v) is 6.45. The Morgan fingerprint density at radius 3 is 2.83 bits per heavy atom. The summed E-state index contributed by atoms with van der Waals surface area (Å²) in [6.07, 6.45) is 2.06. The van der Waals surface area contributed by atoms with Crippen LogP contribution in [0.3, 0.4) is 0 Å². The molecule has 4 N–H and O–H groups in total. The summed E-state index contributed by atoms with van der Waals surface area (Å²) in [5, 5.41) is 5.08. The molecular formula is C17H17N3OS2. The van der Waals surface area contributed by atoms with Gasteiger partial charge in [-0.25, -0.2) is 4.98 Å². The summed E-state index contributed by atoms with van der Waals surface area (Å²) in [6, 6.07) is 2.10. The fourth-order valence-corrected chi connectivity index (χ4v) is 5.06. The van der Waals surface area contributed by atoms with E-state index in [1.165, 1.54) is 16.9 Å². The lowest BCUT2D eigenvalue weighted by Crippen LogP contribution is -2.14. The zero-order chi connectivity index (χ0) is 16.4. The zero-order valence-corrected chi connectivity index (χ0v) is 14.6. The standard InChI is InChI=1S/C17H17N3OS2/c1-17(2)5-3-9-10(8-4-6-22-7-8)11-12(18)13(15(19)21)23-16(11)20-14(9)17/h4,6-7H,3,5,18H2,1-2H3,(H2,19,21). The Labute approximate surface area is 142 Å². The largest absolute Gasteiger partial charge is 0.397 e. The number of carbonyl (C=O) groups excluding carboxylic acids is 1. The molecule has 4 rings (SSSR count). The van der Waals surface area contributed by atoms with Gasteiger partial charge in [-0.3, -0.25) is 4.79 Å². The molecule has 4 nitrogen and oxygen atoms in total. The minimum absolute atomic E-state index is 0.0416. The number of carbonyl (C=O) groups is 1. The van der Waals surface area contributed by atoms with Crippen molar-refractivity contribution < 1.29 is 4.79 Å². The van der Waals surface area contributed by atoms with Crippen LogP contribution in [0.25, 0.3) is 21.3 Å². The predicted octanol–water partition coefficient (Wildman–Crippen LogP) is 3.93. The van der Waals surface area contributed by atoms with E-state index < -0.39 is 5.91 Å². The number of hydrogen-bond donors (Lipinski definition) is 2. The summed E-state index contributed by atoms with van der Waals surface area (Å²) in [7, 11) is 0. The van der Waals surface area contributed by atoms with Crippen molar-refractivity contribution in [3.05, 3.63) is 33.0 Å². The number of hydrogen-bond acceptors (Lipinski definition) is 5. The van der Waals surface area contributed by atoms with Crippen LogP contribution in [0.2, 0.25) is 0 Å². The smallest absolute Gasteiger partial charge is 0.260 e. The lowest BCUT2D eigenvalue weighted by molar-refractivity contribution is 0.100. The topological polar surface area (TPSA) is 82.0 Å². The first-order valence-corrected chi connectivity index (χ1v) is 9.24. The van der Waals surface area contributed by atoms with Gasteiger partial charge >= 0.3 is 0 Å². The summed E-state index contributed by atoms with van der Waals surface area (Å²) < 4.78 is 0. The van der Waals surface area contributed by atoms with Crippen LogP contribution in [0.15, 0.2) is 16.8 Å². The van der Waals surface area contributed by atoms with Crippen molar-refractivity contribution in [3.63, 3.8) is 0 Å². The summed E-state index contributed by atoms with van der Waals surface area (Å²) in [6.45, 7) is 4.45. The Bertz CT molecular complexity index is 939. The maximum absolute atomic E-state index is 11.7. The molecule has 0 fully saturated rings. The molecule has 6 heteroatoms. The molecule has 0 bridgehead atoms. The molecule has 1 amide bonds. The van der Waals surface area contributed by atoms with Crippen LogP contribution < -0.4 is 11.5 Å². The van der Waals surface area contributed by atoms with Gasteiger partial charge in [-0.15, -0.1) is 11.3 Å². The Kier molecular flexibility index (Phi) is 3.05. The quantitative estimate of drug-likeness (QED) is 0.739. The summed E-state index contributed by atoms with van der Waals surface area (Å²) >= 11 is 2.96. The number of nitrogen functional groups attached to an aromatic ring is 1. The third kappa shape index (κ3) is 2.01. The van der Waals surface area contributed by atoms with Gasteiger partial charge in [0.25, 0.3) is 5.91 Å². The van der Waals surface area contributed by atoms with Crippen molar-refractivity contribution in [1.82, 2.24) is 4.98 Å². The van der Waals surface area contributed by atoms with Gasteiger partial charge in [-0.2, -0.15) is 11.3 Å². The monoisotopic (exact) mass is 343 g/mol. The first-order valence-electron chi connectivity index (χ1n) is 7.48. The first kappa shape index (κ1) is 14.7. The molecule has 3 aromatic heterocycles. The van der Waals surface area contributed by atoms with Gasteiger partial charge < -0.3 is 11.5 Å². The van der Waals surface area contributed by atoms with Crippen molar-refractivity contribution in [2.75, 3.05) is 5.73 Å². The van der Waals surface area contributed by atoms with Crippen LogP contribution in [0.5, 0.6) is 0 Å². The highest BCUT2D eigenvalue weighted by Crippen LogP contribution is 2.48. The SMILES string of the molecule is CC1(C)CCc2c1nc1sc(C(N)=O)c(N)c1c2-c1ccsc1. The Morgan fingerprint density at radius 1 is 1.39 bits per heavy atom. The molecule has 0 atom stereocenters. The van der Waals surface area contributed by atoms with Gasteiger partial charge in [0.2, 0.25) is 0 Å². The Balaban J connectivity index is 2.17. The first-order chi connectivity index (χ1) is 10.9. The second-order valence-corrected chi connectivity index (χ2v) is 8.38. The summed E-state index contributed by atoms with van der Waals surface area (Å²) in [5.41, 5.74) is 17.0. The van der Waals surface area contributed by atoms with Crippen molar-refractivity contribution in [2.24, 2.45) is 5.73 Å². The number of thiophene rings is 2. The summed E-state index contributed by atoms with van der Waals surface area (Å²) in [5.74, 6) is -0.485. The molecule has 0 aromatic carbocycles. The number of pyridine rings is 1. The molecule has 0 saturated heterocycles. The van der Waals surface area contributed by atoms with E-state index in [2.05, 4.69) is 30.7 Å². The lowest BCUT2D eigenvalue weighted by Gasteiger charge is -2.18. The van der Waals surface area contributed by atoms with Crippen LogP contribution in [0.4, 0.5) is 5.69 Å². The Hall–Kier alpha value is -1.92. The van der Waals surface area contributed by atoms with Gasteiger partial charge in [0.05, 0.1) is 11.4 Å². The molecule has 0 aliphatic heterocycles. The second kappa shape index (κ2) is 4.79. The minimum atomic E-state index is -0.485. The van der Waals surface area contributed by atoms with Gasteiger partial charge in [-0.05, 0) is 46.4 Å². The van der Waals surface area contributed by atoms with Gasteiger partial charge in [0, 0.05) is 10.8 Å². The van der Waals surface area contributed by atoms with E-state index in [1.807, 2.05) is 0 Å². The fraction of sp³-hybridized carbons (Fsp3) is 0.294. The van der Waals surface area contributed by atoms with E-state index in [0.717, 1.165) is 39.9 Å². The van der Waals surface area contributed by atoms with Crippen molar-refractivity contribution in [2.45, 2.75) is 32.1 Å². The molecule has 0 spiro atoms. The number of nitrogens with zero attached hydrogens (tertiary/aromatic N) is 1. The molecule has 0 radical (unpaired) electrons. The van der Waals surface area contributed by atoms with Gasteiger partial charge in [0.1, 0.15) is 9.71 Å². The fourth-order valence-electron chi connectivity index (χ4n) is 3.46. The highest BCUT2D eigenvalue weighted by atomic mass is 32.1. The zero-order valence-electron chi connectivity index (χ0n) is 13.0. The maximum atomic E-state index is 11.7. The highest BCUT2D eigenvalue weighted by Gasteiger charge is 2.35. The number of aromatic nitrogens is 1. The van der Waals surface area contributed by atoms with E-state index in [1.54, 1.807) is 11.3 Å². The Morgan fingerprint density at radius 2 is 2.17 bits per heavy atom. The number of rotatable bonds is 2. The highest BCUT2D eigenvalue weighted by molar-refractivity contribution is 7.21. The van der Waals surface area contributed by atoms with Crippen LogP contribution >= 0.6 is 22.7 Å². The number of nitrogens with two attached hydrogens (primary N) is 2. The molecule has 1 aliphatic rings. The third-order valence-electron chi connectivity index (χ3n) is 4.65. The second-order valence-electron chi connectivity index (χ2n) is 6.60. The summed E-state index contributed by atoms with van der Waals surface area (Å²) in [4.78, 5) is 17.8. The normalized spacial score (nSPS) is 15.9. The number of amides is 1. The van der Waals surface area contributed by atoms with E-state index in [-0.39, 0.29) is 5.41 Å². The van der Waals surface area contributed by atoms with Crippen LogP contribution in [0.1, 0.15) is 41.2 Å². The van der Waals surface area contributed by atoms with E-state index in [4.69, 9.17) is 16.5 Å². The minimum Gasteiger partial charge on any atom is -0.397 e. The molecule has 3 aromatic rings. The van der Waals surface area contributed by atoms with Crippen molar-refractivity contribution >= 4 is 44.5 Å². The molecule has 0 unspecified atom stereocenters.